The van der Waals surface area contributed by atoms with E-state index in [1.165, 1.54) is 18.7 Å². The molecule has 2 aromatic carbocycles. The molecule has 1 aliphatic heterocycles. The van der Waals surface area contributed by atoms with Gasteiger partial charge in [-0.1, -0.05) is 29.5 Å². The molecule has 30 heavy (non-hydrogen) atoms. The molecule has 0 amide bonds. The SMILES string of the molecule is COC(=O)c1ccc(Cn2cc(-c3cccc(C4CCNCC4)c3)nn2)c(F)c1.Cl. The number of halogens is 2. The van der Waals surface area contributed by atoms with Crippen molar-refractivity contribution in [1.29, 1.82) is 0 Å². The lowest BCUT2D eigenvalue weighted by Gasteiger charge is -2.23. The summed E-state index contributed by atoms with van der Waals surface area (Å²) in [5.74, 6) is -0.473. The van der Waals surface area contributed by atoms with Crippen molar-refractivity contribution in [2.75, 3.05) is 20.2 Å². The number of nitrogens with zero attached hydrogens (tertiary/aromatic N) is 3. The van der Waals surface area contributed by atoms with Crippen LogP contribution in [-0.4, -0.2) is 41.2 Å². The van der Waals surface area contributed by atoms with Gasteiger partial charge in [-0.3, -0.25) is 0 Å². The quantitative estimate of drug-likeness (QED) is 0.623. The number of ether oxygens (including phenoxy) is 1. The Morgan fingerprint density at radius 3 is 2.77 bits per heavy atom. The number of hydrogen-bond donors (Lipinski definition) is 1. The second-order valence-corrected chi connectivity index (χ2v) is 7.25. The van der Waals surface area contributed by atoms with E-state index in [9.17, 15) is 9.18 Å². The molecule has 6 nitrogen and oxygen atoms in total. The highest BCUT2D eigenvalue weighted by Gasteiger charge is 2.16. The number of rotatable bonds is 5. The molecule has 0 radical (unpaired) electrons. The normalized spacial score (nSPS) is 14.2. The van der Waals surface area contributed by atoms with Crippen molar-refractivity contribution in [2.45, 2.75) is 25.3 Å². The molecule has 8 heteroatoms. The van der Waals surface area contributed by atoms with Crippen molar-refractivity contribution in [3.63, 3.8) is 0 Å². The van der Waals surface area contributed by atoms with Gasteiger partial charge in [-0.15, -0.1) is 17.5 Å². The first-order valence-corrected chi connectivity index (χ1v) is 9.72. The van der Waals surface area contributed by atoms with E-state index in [4.69, 9.17) is 0 Å². The van der Waals surface area contributed by atoms with Gasteiger partial charge in [-0.25, -0.2) is 13.9 Å². The largest absolute Gasteiger partial charge is 0.465 e. The van der Waals surface area contributed by atoms with Gasteiger partial charge in [0, 0.05) is 11.1 Å². The first-order chi connectivity index (χ1) is 14.1. The van der Waals surface area contributed by atoms with E-state index >= 15 is 0 Å². The van der Waals surface area contributed by atoms with Crippen LogP contribution in [0.2, 0.25) is 0 Å². The Bertz CT molecular complexity index is 1020. The lowest BCUT2D eigenvalue weighted by molar-refractivity contribution is 0.0600. The molecular formula is C22H24ClFN4O2. The van der Waals surface area contributed by atoms with E-state index in [0.29, 0.717) is 11.5 Å². The van der Waals surface area contributed by atoms with Crippen LogP contribution in [0.4, 0.5) is 4.39 Å². The van der Waals surface area contributed by atoms with Crippen LogP contribution in [0.1, 0.15) is 40.2 Å². The summed E-state index contributed by atoms with van der Waals surface area (Å²) in [5, 5.41) is 11.8. The average Bonchev–Trinajstić information content (AvgIpc) is 3.24. The standard InChI is InChI=1S/C22H23FN4O2.ClH/c1-29-22(28)18-5-6-19(20(23)12-18)13-27-14-21(25-26-27)17-4-2-3-16(11-17)15-7-9-24-10-8-15;/h2-6,11-12,14-15,24H,7-10,13H2,1H3;1H. The van der Waals surface area contributed by atoms with Crippen molar-refractivity contribution in [3.8, 4) is 11.3 Å². The van der Waals surface area contributed by atoms with Crippen LogP contribution >= 0.6 is 12.4 Å². The number of piperidine rings is 1. The third kappa shape index (κ3) is 4.86. The highest BCUT2D eigenvalue weighted by atomic mass is 35.5. The van der Waals surface area contributed by atoms with Gasteiger partial charge in [0.2, 0.25) is 0 Å². The summed E-state index contributed by atoms with van der Waals surface area (Å²) in [6.07, 6.45) is 4.09. The Morgan fingerprint density at radius 1 is 1.23 bits per heavy atom. The monoisotopic (exact) mass is 430 g/mol. The molecule has 1 fully saturated rings. The molecule has 1 N–H and O–H groups in total. The predicted octanol–water partition coefficient (Wildman–Crippen LogP) is 3.81. The summed E-state index contributed by atoms with van der Waals surface area (Å²) < 4.78 is 20.6. The van der Waals surface area contributed by atoms with Crippen molar-refractivity contribution in [3.05, 3.63) is 71.2 Å². The molecule has 2 heterocycles. The number of carbonyl (C=O) groups excluding carboxylic acids is 1. The Hall–Kier alpha value is -2.77. The van der Waals surface area contributed by atoms with Gasteiger partial charge in [-0.2, -0.15) is 0 Å². The van der Waals surface area contributed by atoms with Crippen LogP contribution in [0.5, 0.6) is 0 Å². The van der Waals surface area contributed by atoms with Gasteiger partial charge in [0.15, 0.2) is 0 Å². The van der Waals surface area contributed by atoms with Gasteiger partial charge in [-0.05, 0) is 55.6 Å². The minimum absolute atomic E-state index is 0. The Morgan fingerprint density at radius 2 is 2.03 bits per heavy atom. The van der Waals surface area contributed by atoms with Gasteiger partial charge in [0.25, 0.3) is 0 Å². The zero-order chi connectivity index (χ0) is 20.2. The molecule has 4 rings (SSSR count). The Labute approximate surface area is 180 Å². The summed E-state index contributed by atoms with van der Waals surface area (Å²) >= 11 is 0. The maximum atomic E-state index is 14.3. The molecule has 1 aromatic heterocycles. The van der Waals surface area contributed by atoms with Crippen molar-refractivity contribution in [1.82, 2.24) is 20.3 Å². The van der Waals surface area contributed by atoms with Gasteiger partial charge in [0.1, 0.15) is 11.5 Å². The number of carbonyl (C=O) groups is 1. The van der Waals surface area contributed by atoms with Crippen LogP contribution in [-0.2, 0) is 11.3 Å². The number of methoxy groups -OCH3 is 1. The molecule has 158 valence electrons. The van der Waals surface area contributed by atoms with E-state index in [0.717, 1.165) is 37.2 Å². The third-order valence-corrected chi connectivity index (χ3v) is 5.34. The van der Waals surface area contributed by atoms with Crippen LogP contribution < -0.4 is 5.32 Å². The molecule has 1 aliphatic rings. The minimum Gasteiger partial charge on any atom is -0.465 e. The van der Waals surface area contributed by atoms with E-state index in [2.05, 4.69) is 38.6 Å². The van der Waals surface area contributed by atoms with Crippen molar-refractivity contribution < 1.29 is 13.9 Å². The highest BCUT2D eigenvalue weighted by molar-refractivity contribution is 5.89. The predicted molar refractivity (Wildman–Crippen MR) is 114 cm³/mol. The van der Waals surface area contributed by atoms with Crippen molar-refractivity contribution >= 4 is 18.4 Å². The molecule has 0 atom stereocenters. The molecule has 0 spiro atoms. The summed E-state index contributed by atoms with van der Waals surface area (Å²) in [4.78, 5) is 11.5. The molecule has 0 unspecified atom stereocenters. The van der Waals surface area contributed by atoms with Gasteiger partial charge < -0.3 is 10.1 Å². The first kappa shape index (κ1) is 21.9. The second-order valence-electron chi connectivity index (χ2n) is 7.25. The summed E-state index contributed by atoms with van der Waals surface area (Å²) in [5.41, 5.74) is 3.70. The minimum atomic E-state index is -0.563. The molecular weight excluding hydrogens is 407 g/mol. The van der Waals surface area contributed by atoms with Crippen LogP contribution in [0.3, 0.4) is 0 Å². The fourth-order valence-electron chi connectivity index (χ4n) is 3.71. The smallest absolute Gasteiger partial charge is 0.337 e. The Kier molecular flexibility index (Phi) is 7.18. The lowest BCUT2D eigenvalue weighted by Crippen LogP contribution is -2.26. The molecule has 1 saturated heterocycles. The van der Waals surface area contributed by atoms with Crippen LogP contribution in [0.25, 0.3) is 11.3 Å². The zero-order valence-corrected chi connectivity index (χ0v) is 17.5. The average molecular weight is 431 g/mol. The first-order valence-electron chi connectivity index (χ1n) is 9.72. The number of aromatic nitrogens is 3. The van der Waals surface area contributed by atoms with Gasteiger partial charge >= 0.3 is 5.97 Å². The summed E-state index contributed by atoms with van der Waals surface area (Å²) in [6.45, 7) is 2.32. The molecule has 0 aliphatic carbocycles. The number of hydrogen-bond acceptors (Lipinski definition) is 5. The second kappa shape index (κ2) is 9.82. The van der Waals surface area contributed by atoms with Crippen LogP contribution in [0.15, 0.2) is 48.7 Å². The summed E-state index contributed by atoms with van der Waals surface area (Å²) in [7, 11) is 1.27. The lowest BCUT2D eigenvalue weighted by atomic mass is 9.89. The maximum Gasteiger partial charge on any atom is 0.337 e. The van der Waals surface area contributed by atoms with Crippen molar-refractivity contribution in [2.24, 2.45) is 0 Å². The summed E-state index contributed by atoms with van der Waals surface area (Å²) in [6, 6.07) is 12.7. The fraction of sp³-hybridized carbons (Fsp3) is 0.318. The van der Waals surface area contributed by atoms with Gasteiger partial charge in [0.05, 0.1) is 25.4 Å². The number of nitrogens with one attached hydrogen (secondary N) is 1. The highest BCUT2D eigenvalue weighted by Crippen LogP contribution is 2.28. The van der Waals surface area contributed by atoms with E-state index in [-0.39, 0.29) is 24.5 Å². The third-order valence-electron chi connectivity index (χ3n) is 5.34. The molecule has 0 saturated carbocycles. The molecule has 3 aromatic rings. The topological polar surface area (TPSA) is 69.0 Å². The fourth-order valence-corrected chi connectivity index (χ4v) is 3.71. The van der Waals surface area contributed by atoms with Crippen LogP contribution in [0, 0.1) is 5.82 Å². The van der Waals surface area contributed by atoms with E-state index < -0.39 is 11.8 Å². The number of esters is 1. The molecule has 0 bridgehead atoms. The maximum absolute atomic E-state index is 14.3. The Balaban J connectivity index is 0.00000256. The van der Waals surface area contributed by atoms with E-state index in [1.54, 1.807) is 16.8 Å². The zero-order valence-electron chi connectivity index (χ0n) is 16.7. The number of benzene rings is 2. The van der Waals surface area contributed by atoms with E-state index in [1.807, 2.05) is 12.3 Å².